The second-order valence-corrected chi connectivity index (χ2v) is 6.23. The Morgan fingerprint density at radius 1 is 0.778 bits per heavy atom. The molecule has 0 saturated carbocycles. The smallest absolute Gasteiger partial charge is 0.233 e. The molecule has 0 aliphatic heterocycles. The third-order valence-electron chi connectivity index (χ3n) is 4.32. The van der Waals surface area contributed by atoms with Gasteiger partial charge in [-0.15, -0.1) is 12.6 Å². The average molecular weight is 350 g/mol. The van der Waals surface area contributed by atoms with E-state index >= 15 is 0 Å². The highest BCUT2D eigenvalue weighted by atomic mass is 14.9. The van der Waals surface area contributed by atoms with Gasteiger partial charge in [-0.3, -0.25) is 0 Å². The van der Waals surface area contributed by atoms with Crippen molar-refractivity contribution < 1.29 is 0 Å². The first-order chi connectivity index (χ1) is 13.4. The normalized spacial score (nSPS) is 9.78. The number of aromatic nitrogens is 2. The summed E-state index contributed by atoms with van der Waals surface area (Å²) in [5.74, 6) is 3.01. The van der Waals surface area contributed by atoms with Gasteiger partial charge < -0.3 is 4.98 Å². The minimum Gasteiger partial charge on any atom is -0.348 e. The van der Waals surface area contributed by atoms with Crippen LogP contribution in [0.3, 0.4) is 0 Å². The molecule has 1 N–H and O–H groups in total. The molecule has 0 aliphatic rings. The lowest BCUT2D eigenvalue weighted by Crippen LogP contribution is -2.40. The van der Waals surface area contributed by atoms with Gasteiger partial charge in [-0.1, -0.05) is 102 Å². The summed E-state index contributed by atoms with van der Waals surface area (Å²) in [4.78, 5) is 7.23. The molecule has 0 unspecified atom stereocenters. The van der Waals surface area contributed by atoms with Gasteiger partial charge in [-0.2, -0.15) is 0 Å². The summed E-state index contributed by atoms with van der Waals surface area (Å²) in [6.07, 6.45) is 4.50. The summed E-state index contributed by atoms with van der Waals surface area (Å²) in [6.45, 7) is 4.21. The first-order valence-corrected chi connectivity index (χ1v) is 9.11. The SMILES string of the molecule is C=CB(c1ccccc1)c1ccccc1.c1ccc(Cc2ncc[nH]2)cc1. The Bertz CT molecular complexity index is 865. The molecule has 0 atom stereocenters. The lowest BCUT2D eigenvalue weighted by atomic mass is 9.41. The van der Waals surface area contributed by atoms with Crippen LogP contribution in [0.1, 0.15) is 11.4 Å². The fourth-order valence-electron chi connectivity index (χ4n) is 2.97. The molecule has 3 aromatic carbocycles. The van der Waals surface area contributed by atoms with Gasteiger partial charge in [0.25, 0.3) is 0 Å². The fourth-order valence-corrected chi connectivity index (χ4v) is 2.97. The van der Waals surface area contributed by atoms with E-state index in [-0.39, 0.29) is 0 Å². The van der Waals surface area contributed by atoms with Gasteiger partial charge in [0, 0.05) is 18.8 Å². The molecule has 132 valence electrons. The first-order valence-electron chi connectivity index (χ1n) is 9.11. The highest BCUT2D eigenvalue weighted by Crippen LogP contribution is 2.03. The van der Waals surface area contributed by atoms with E-state index < -0.39 is 0 Å². The van der Waals surface area contributed by atoms with Crippen molar-refractivity contribution in [3.8, 4) is 0 Å². The maximum atomic E-state index is 4.16. The molecular weight excluding hydrogens is 327 g/mol. The Kier molecular flexibility index (Phi) is 6.82. The van der Waals surface area contributed by atoms with Gasteiger partial charge in [-0.05, 0) is 5.56 Å². The van der Waals surface area contributed by atoms with Crippen LogP contribution in [0, 0.1) is 0 Å². The zero-order valence-corrected chi connectivity index (χ0v) is 15.3. The minimum atomic E-state index is 0.299. The highest BCUT2D eigenvalue weighted by Gasteiger charge is 2.13. The van der Waals surface area contributed by atoms with Gasteiger partial charge in [0.15, 0.2) is 0 Å². The summed E-state index contributed by atoms with van der Waals surface area (Å²) in [5, 5.41) is 0. The molecule has 0 fully saturated rings. The molecule has 1 aromatic heterocycles. The van der Waals surface area contributed by atoms with E-state index in [0.29, 0.717) is 6.71 Å². The second kappa shape index (κ2) is 9.98. The molecule has 1 heterocycles. The maximum Gasteiger partial charge on any atom is 0.233 e. The fraction of sp³-hybridized carbons (Fsp3) is 0.0417. The zero-order chi connectivity index (χ0) is 18.7. The van der Waals surface area contributed by atoms with E-state index in [4.69, 9.17) is 0 Å². The van der Waals surface area contributed by atoms with Crippen LogP contribution in [0.15, 0.2) is 116 Å². The molecule has 3 heteroatoms. The Morgan fingerprint density at radius 3 is 1.74 bits per heavy atom. The summed E-state index contributed by atoms with van der Waals surface area (Å²) in [5.41, 5.74) is 3.87. The number of aromatic amines is 1. The van der Waals surface area contributed by atoms with E-state index in [1.807, 2.05) is 42.5 Å². The molecule has 0 saturated heterocycles. The van der Waals surface area contributed by atoms with Crippen LogP contribution in [0.5, 0.6) is 0 Å². The lowest BCUT2D eigenvalue weighted by molar-refractivity contribution is 1.03. The number of hydrogen-bond donors (Lipinski definition) is 1. The Morgan fingerprint density at radius 2 is 1.30 bits per heavy atom. The van der Waals surface area contributed by atoms with Gasteiger partial charge in [0.05, 0.1) is 0 Å². The van der Waals surface area contributed by atoms with Crippen LogP contribution in [-0.4, -0.2) is 16.7 Å². The number of nitrogens with one attached hydrogen (secondary N) is 1. The number of rotatable bonds is 5. The average Bonchev–Trinajstić information content (AvgIpc) is 3.25. The van der Waals surface area contributed by atoms with E-state index in [9.17, 15) is 0 Å². The Hall–Kier alpha value is -3.33. The van der Waals surface area contributed by atoms with Crippen LogP contribution in [0.4, 0.5) is 0 Å². The van der Waals surface area contributed by atoms with Crippen LogP contribution < -0.4 is 10.9 Å². The van der Waals surface area contributed by atoms with Gasteiger partial charge in [-0.25, -0.2) is 4.98 Å². The molecule has 0 aliphatic carbocycles. The largest absolute Gasteiger partial charge is 0.348 e. The molecule has 0 spiro atoms. The summed E-state index contributed by atoms with van der Waals surface area (Å²) >= 11 is 0. The number of benzene rings is 3. The predicted molar refractivity (Wildman–Crippen MR) is 116 cm³/mol. The number of imidazole rings is 1. The number of nitrogens with zero attached hydrogens (tertiary/aromatic N) is 1. The van der Waals surface area contributed by atoms with Crippen molar-refractivity contribution >= 4 is 17.6 Å². The third-order valence-corrected chi connectivity index (χ3v) is 4.32. The van der Waals surface area contributed by atoms with E-state index in [2.05, 4.69) is 77.2 Å². The summed E-state index contributed by atoms with van der Waals surface area (Å²) < 4.78 is 0. The number of H-pyrrole nitrogens is 1. The van der Waals surface area contributed by atoms with Crippen LogP contribution in [0.25, 0.3) is 0 Å². The van der Waals surface area contributed by atoms with Crippen LogP contribution in [-0.2, 0) is 6.42 Å². The van der Waals surface area contributed by atoms with Crippen LogP contribution >= 0.6 is 0 Å². The molecule has 27 heavy (non-hydrogen) atoms. The van der Waals surface area contributed by atoms with Crippen molar-refractivity contribution in [2.75, 3.05) is 0 Å². The standard InChI is InChI=1S/C14H13B.C10H10N2/c1-2-15(13-9-5-3-6-10-13)14-11-7-4-8-12-14;1-2-4-9(5-3-1)8-10-11-6-7-12-10/h2-12H,1H2;1-7H,8H2,(H,11,12). The lowest BCUT2D eigenvalue weighted by Gasteiger charge is -2.09. The molecule has 2 nitrogen and oxygen atoms in total. The molecule has 4 aromatic rings. The van der Waals surface area contributed by atoms with Crippen molar-refractivity contribution in [2.24, 2.45) is 0 Å². The quantitative estimate of drug-likeness (QED) is 0.541. The van der Waals surface area contributed by atoms with Gasteiger partial charge in [0.1, 0.15) is 5.82 Å². The molecule has 4 rings (SSSR count). The molecular formula is C24H23BN2. The zero-order valence-electron chi connectivity index (χ0n) is 15.3. The minimum absolute atomic E-state index is 0.299. The van der Waals surface area contributed by atoms with E-state index in [1.54, 1.807) is 6.20 Å². The monoisotopic (exact) mass is 350 g/mol. The summed E-state index contributed by atoms with van der Waals surface area (Å²) in [6, 6.07) is 31.2. The first kappa shape index (κ1) is 18.5. The van der Waals surface area contributed by atoms with E-state index in [0.717, 1.165) is 12.2 Å². The third kappa shape index (κ3) is 5.58. The maximum absolute atomic E-state index is 4.16. The Balaban J connectivity index is 0.000000159. The molecule has 0 radical (unpaired) electrons. The van der Waals surface area contributed by atoms with Crippen molar-refractivity contribution in [1.29, 1.82) is 0 Å². The van der Waals surface area contributed by atoms with Crippen molar-refractivity contribution in [1.82, 2.24) is 9.97 Å². The topological polar surface area (TPSA) is 28.7 Å². The van der Waals surface area contributed by atoms with Gasteiger partial charge in [0.2, 0.25) is 6.71 Å². The Labute approximate surface area is 161 Å². The van der Waals surface area contributed by atoms with Crippen molar-refractivity contribution in [2.45, 2.75) is 6.42 Å². The molecule has 0 amide bonds. The van der Waals surface area contributed by atoms with Gasteiger partial charge >= 0.3 is 0 Å². The second-order valence-electron chi connectivity index (χ2n) is 6.23. The highest BCUT2D eigenvalue weighted by molar-refractivity contribution is 6.89. The predicted octanol–water partition coefficient (Wildman–Crippen LogP) is 4.02. The van der Waals surface area contributed by atoms with Crippen LogP contribution in [0.2, 0.25) is 0 Å². The molecule has 0 bridgehead atoms. The number of hydrogen-bond acceptors (Lipinski definition) is 1. The van der Waals surface area contributed by atoms with Crippen molar-refractivity contribution in [3.63, 3.8) is 0 Å². The van der Waals surface area contributed by atoms with Crippen molar-refractivity contribution in [3.05, 3.63) is 127 Å². The van der Waals surface area contributed by atoms with E-state index in [1.165, 1.54) is 16.5 Å². The summed E-state index contributed by atoms with van der Waals surface area (Å²) in [7, 11) is 0.